The van der Waals surface area contributed by atoms with Crippen LogP contribution in [-0.4, -0.2) is 0 Å². The summed E-state index contributed by atoms with van der Waals surface area (Å²) in [6, 6.07) is 0. The maximum atomic E-state index is 8.39. The van der Waals surface area contributed by atoms with Crippen LogP contribution in [0.1, 0.15) is 59.7 Å². The highest BCUT2D eigenvalue weighted by Gasteiger charge is 2.18. The lowest BCUT2D eigenvalue weighted by atomic mass is 9.81. The number of rotatable bonds is 2. The third-order valence-electron chi connectivity index (χ3n) is 5.47. The standard InChI is InChI=1S/C21H30/c1-11(2)10-19-15(6)14(5)17(8)20-16(7)12(3)13(4)18(9)21(19)20/h11H,10H2,1-9H3/i11T. The second-order valence-corrected chi connectivity index (χ2v) is 6.99. The zero-order valence-electron chi connectivity index (χ0n) is 16.2. The molecule has 0 fully saturated rings. The smallest absolute Gasteiger partial charge is 0.0300 e. The van der Waals surface area contributed by atoms with Crippen LogP contribution in [0, 0.1) is 54.4 Å². The summed E-state index contributed by atoms with van der Waals surface area (Å²) in [6.07, 6.45) is 0.805. The molecule has 2 aromatic carbocycles. The normalized spacial score (nSPS) is 12.9. The van der Waals surface area contributed by atoms with E-state index in [4.69, 9.17) is 1.37 Å². The lowest BCUT2D eigenvalue weighted by Crippen LogP contribution is -2.06. The second-order valence-electron chi connectivity index (χ2n) is 6.99. The first-order chi connectivity index (χ1) is 9.97. The molecule has 0 nitrogen and oxygen atoms in total. The van der Waals surface area contributed by atoms with E-state index in [-0.39, 0.29) is 0 Å². The molecule has 0 amide bonds. The van der Waals surface area contributed by atoms with E-state index < -0.39 is 5.89 Å². The molecule has 0 heteroatoms. The van der Waals surface area contributed by atoms with Crippen LogP contribution < -0.4 is 0 Å². The molecule has 0 saturated carbocycles. The maximum absolute atomic E-state index is 8.39. The highest BCUT2D eigenvalue weighted by molar-refractivity contribution is 5.97. The number of aryl methyl sites for hydroxylation is 3. The van der Waals surface area contributed by atoms with E-state index in [1.807, 2.05) is 13.8 Å². The van der Waals surface area contributed by atoms with Crippen molar-refractivity contribution >= 4 is 10.8 Å². The van der Waals surface area contributed by atoms with Gasteiger partial charge in [0.2, 0.25) is 0 Å². The molecule has 0 aliphatic heterocycles. The van der Waals surface area contributed by atoms with Crippen molar-refractivity contribution < 1.29 is 1.37 Å². The van der Waals surface area contributed by atoms with E-state index in [2.05, 4.69) is 48.5 Å². The van der Waals surface area contributed by atoms with Crippen LogP contribution in [-0.2, 0) is 6.42 Å². The molecule has 0 spiro atoms. The Balaban J connectivity index is 3.08. The average Bonchev–Trinajstić information content (AvgIpc) is 2.42. The van der Waals surface area contributed by atoms with Crippen LogP contribution >= 0.6 is 0 Å². The van der Waals surface area contributed by atoms with Crippen LogP contribution in [0.3, 0.4) is 0 Å². The SMILES string of the molecule is [3H]C(C)(C)Cc1c(C)c(C)c(C)c2c(C)c(C)c(C)c(C)c12. The molecule has 2 rings (SSSR count). The largest absolute Gasteiger partial charge is 0.0625 e. The van der Waals surface area contributed by atoms with E-state index in [1.54, 1.807) is 0 Å². The fraction of sp³-hybridized carbons (Fsp3) is 0.524. The van der Waals surface area contributed by atoms with Gasteiger partial charge in [-0.2, -0.15) is 0 Å². The Kier molecular flexibility index (Phi) is 3.82. The van der Waals surface area contributed by atoms with E-state index >= 15 is 0 Å². The molecular weight excluding hydrogens is 252 g/mol. The van der Waals surface area contributed by atoms with Crippen molar-refractivity contribution in [3.63, 3.8) is 0 Å². The quantitative estimate of drug-likeness (QED) is 0.616. The molecule has 0 unspecified atom stereocenters. The van der Waals surface area contributed by atoms with Crippen LogP contribution in [0.15, 0.2) is 0 Å². The fourth-order valence-corrected chi connectivity index (χ4v) is 3.62. The van der Waals surface area contributed by atoms with Crippen LogP contribution in [0.25, 0.3) is 10.8 Å². The maximum Gasteiger partial charge on any atom is 0.0300 e. The molecule has 0 atom stereocenters. The summed E-state index contributed by atoms with van der Waals surface area (Å²) in [4.78, 5) is 0. The van der Waals surface area contributed by atoms with Crippen molar-refractivity contribution in [2.75, 3.05) is 0 Å². The highest BCUT2D eigenvalue weighted by atomic mass is 14.2. The van der Waals surface area contributed by atoms with Gasteiger partial charge in [0.25, 0.3) is 0 Å². The summed E-state index contributed by atoms with van der Waals surface area (Å²) in [5.41, 5.74) is 11.1. The predicted octanol–water partition coefficient (Wildman–Crippen LogP) is 6.20. The number of fused-ring (bicyclic) bond motifs is 1. The first-order valence-electron chi connectivity index (χ1n) is 8.46. The average molecular weight is 284 g/mol. The summed E-state index contributed by atoms with van der Waals surface area (Å²) in [6.45, 7) is 19.7. The minimum Gasteiger partial charge on any atom is -0.0625 e. The zero-order chi connectivity index (χ0) is 17.0. The molecule has 0 aliphatic rings. The summed E-state index contributed by atoms with van der Waals surface area (Å²) in [5.74, 6) is -0.446. The Labute approximate surface area is 132 Å². The zero-order valence-corrected chi connectivity index (χ0v) is 15.2. The van der Waals surface area contributed by atoms with Gasteiger partial charge in [-0.3, -0.25) is 0 Å². The Morgan fingerprint density at radius 2 is 1.00 bits per heavy atom. The Morgan fingerprint density at radius 1 is 0.619 bits per heavy atom. The Hall–Kier alpha value is -1.30. The molecule has 0 aliphatic carbocycles. The lowest BCUT2D eigenvalue weighted by molar-refractivity contribution is 0.647. The molecule has 21 heavy (non-hydrogen) atoms. The second kappa shape index (κ2) is 5.48. The monoisotopic (exact) mass is 284 g/mol. The van der Waals surface area contributed by atoms with Gasteiger partial charge < -0.3 is 0 Å². The van der Waals surface area contributed by atoms with Gasteiger partial charge in [-0.05, 0) is 116 Å². The molecule has 2 aromatic rings. The van der Waals surface area contributed by atoms with Crippen molar-refractivity contribution in [2.45, 2.75) is 68.7 Å². The van der Waals surface area contributed by atoms with E-state index in [1.165, 1.54) is 55.3 Å². The van der Waals surface area contributed by atoms with Gasteiger partial charge in [0.05, 0.1) is 0 Å². The van der Waals surface area contributed by atoms with Gasteiger partial charge in [-0.25, -0.2) is 0 Å². The summed E-state index contributed by atoms with van der Waals surface area (Å²) in [5, 5.41) is 2.82. The van der Waals surface area contributed by atoms with Gasteiger partial charge in [-0.15, -0.1) is 0 Å². The summed E-state index contributed by atoms with van der Waals surface area (Å²) in [7, 11) is 0. The minimum absolute atomic E-state index is 0.446. The van der Waals surface area contributed by atoms with Gasteiger partial charge in [0, 0.05) is 1.37 Å². The molecular formula is C21H30. The number of hydrogen-bond acceptors (Lipinski definition) is 0. The summed E-state index contributed by atoms with van der Waals surface area (Å²) < 4.78 is 8.39. The minimum atomic E-state index is -0.446. The topological polar surface area (TPSA) is 0 Å². The fourth-order valence-electron chi connectivity index (χ4n) is 3.62. The van der Waals surface area contributed by atoms with Crippen LogP contribution in [0.2, 0.25) is 0 Å². The van der Waals surface area contributed by atoms with Crippen LogP contribution in [0.5, 0.6) is 0 Å². The Bertz CT molecular complexity index is 750. The van der Waals surface area contributed by atoms with Crippen molar-refractivity contribution in [3.05, 3.63) is 44.5 Å². The number of benzene rings is 2. The first-order valence-corrected chi connectivity index (χ1v) is 7.96. The van der Waals surface area contributed by atoms with E-state index in [0.717, 1.165) is 6.42 Å². The van der Waals surface area contributed by atoms with Gasteiger partial charge in [0.15, 0.2) is 0 Å². The van der Waals surface area contributed by atoms with Crippen molar-refractivity contribution in [2.24, 2.45) is 5.89 Å². The van der Waals surface area contributed by atoms with E-state index in [9.17, 15) is 0 Å². The molecule has 0 aromatic heterocycles. The third-order valence-corrected chi connectivity index (χ3v) is 5.47. The lowest BCUT2D eigenvalue weighted by Gasteiger charge is -2.24. The van der Waals surface area contributed by atoms with Gasteiger partial charge in [-0.1, -0.05) is 13.8 Å². The molecule has 0 bridgehead atoms. The highest BCUT2D eigenvalue weighted by Crippen LogP contribution is 2.38. The first kappa shape index (κ1) is 14.6. The molecule has 0 radical (unpaired) electrons. The van der Waals surface area contributed by atoms with Crippen LogP contribution in [0.4, 0.5) is 0 Å². The van der Waals surface area contributed by atoms with Crippen molar-refractivity contribution in [1.29, 1.82) is 0 Å². The molecule has 0 saturated heterocycles. The summed E-state index contributed by atoms with van der Waals surface area (Å²) >= 11 is 0. The van der Waals surface area contributed by atoms with Gasteiger partial charge >= 0.3 is 0 Å². The predicted molar refractivity (Wildman–Crippen MR) is 95.6 cm³/mol. The van der Waals surface area contributed by atoms with Gasteiger partial charge in [0.1, 0.15) is 0 Å². The van der Waals surface area contributed by atoms with E-state index in [0.29, 0.717) is 0 Å². The van der Waals surface area contributed by atoms with Crippen molar-refractivity contribution in [1.82, 2.24) is 0 Å². The molecule has 0 heterocycles. The Morgan fingerprint density at radius 3 is 1.43 bits per heavy atom. The molecule has 0 N–H and O–H groups in total. The van der Waals surface area contributed by atoms with Crippen molar-refractivity contribution in [3.8, 4) is 0 Å². The molecule has 114 valence electrons. The number of hydrogen-bond donors (Lipinski definition) is 0. The third kappa shape index (κ3) is 2.39.